The Labute approximate surface area is 159 Å². The van der Waals surface area contributed by atoms with Crippen LogP contribution >= 0.6 is 0 Å². The summed E-state index contributed by atoms with van der Waals surface area (Å²) in [5.74, 6) is 5.04. The van der Waals surface area contributed by atoms with Gasteiger partial charge in [0, 0.05) is 17.2 Å². The number of benzene rings is 2. The van der Waals surface area contributed by atoms with E-state index in [2.05, 4.69) is 21.9 Å². The van der Waals surface area contributed by atoms with Crippen molar-refractivity contribution in [2.24, 2.45) is 5.73 Å². The maximum atomic E-state index is 12.3. The van der Waals surface area contributed by atoms with Crippen LogP contribution in [0.25, 0.3) is 6.08 Å². The number of nitrogens with two attached hydrogens (primary N) is 1. The minimum atomic E-state index is -0.893. The number of hydrogen-bond donors (Lipinski definition) is 2. The number of rotatable bonds is 5. The zero-order valence-corrected chi connectivity index (χ0v) is 15.3. The van der Waals surface area contributed by atoms with Crippen LogP contribution < -0.4 is 11.1 Å². The van der Waals surface area contributed by atoms with Gasteiger partial charge in [-0.25, -0.2) is 4.79 Å². The minimum Gasteiger partial charge on any atom is -0.467 e. The highest BCUT2D eigenvalue weighted by Gasteiger charge is 2.25. The van der Waals surface area contributed by atoms with Gasteiger partial charge in [-0.3, -0.25) is 4.79 Å². The van der Waals surface area contributed by atoms with Crippen molar-refractivity contribution in [1.29, 1.82) is 0 Å². The average molecular weight is 362 g/mol. The molecular weight excluding hydrogens is 340 g/mol. The first-order valence-corrected chi connectivity index (χ1v) is 8.48. The number of esters is 1. The quantitative estimate of drug-likeness (QED) is 0.632. The molecule has 0 spiro atoms. The molecule has 0 aliphatic carbocycles. The molecule has 0 aliphatic rings. The van der Waals surface area contributed by atoms with Crippen molar-refractivity contribution in [1.82, 2.24) is 5.32 Å². The van der Waals surface area contributed by atoms with Gasteiger partial charge in [0.05, 0.1) is 7.11 Å². The number of carbonyl (C=O) groups is 2. The zero-order valence-electron chi connectivity index (χ0n) is 15.3. The maximum absolute atomic E-state index is 12.3. The molecule has 0 fully saturated rings. The van der Waals surface area contributed by atoms with E-state index in [0.29, 0.717) is 5.56 Å². The zero-order chi connectivity index (χ0) is 19.6. The number of methoxy groups -OCH3 is 1. The molecule has 0 bridgehead atoms. The van der Waals surface area contributed by atoms with Gasteiger partial charge in [0.2, 0.25) is 0 Å². The van der Waals surface area contributed by atoms with E-state index >= 15 is 0 Å². The Bertz CT molecular complexity index is 860. The molecule has 0 heterocycles. The van der Waals surface area contributed by atoms with Gasteiger partial charge in [0.1, 0.15) is 6.04 Å². The molecule has 138 valence electrons. The molecule has 0 aromatic heterocycles. The highest BCUT2D eigenvalue weighted by atomic mass is 16.5. The molecule has 5 nitrogen and oxygen atoms in total. The fourth-order valence-electron chi connectivity index (χ4n) is 2.29. The van der Waals surface area contributed by atoms with Gasteiger partial charge in [-0.2, -0.15) is 0 Å². The number of carbonyl (C=O) groups excluding carboxylic acids is 2. The second kappa shape index (κ2) is 9.95. The third-order valence-corrected chi connectivity index (χ3v) is 3.79. The van der Waals surface area contributed by atoms with Crippen molar-refractivity contribution in [3.8, 4) is 11.8 Å². The first-order chi connectivity index (χ1) is 13.0. The topological polar surface area (TPSA) is 81.4 Å². The van der Waals surface area contributed by atoms with Crippen LogP contribution in [0.2, 0.25) is 0 Å². The van der Waals surface area contributed by atoms with E-state index in [4.69, 9.17) is 5.73 Å². The van der Waals surface area contributed by atoms with Crippen LogP contribution in [0.3, 0.4) is 0 Å². The minimum absolute atomic E-state index is 0.387. The Hall–Kier alpha value is -3.36. The van der Waals surface area contributed by atoms with E-state index in [1.807, 2.05) is 36.4 Å². The first kappa shape index (κ1) is 20.0. The monoisotopic (exact) mass is 362 g/mol. The lowest BCUT2D eigenvalue weighted by molar-refractivity contribution is -0.143. The average Bonchev–Trinajstić information content (AvgIpc) is 2.69. The summed E-state index contributed by atoms with van der Waals surface area (Å²) < 4.78 is 4.66. The van der Waals surface area contributed by atoms with E-state index in [9.17, 15) is 9.59 Å². The van der Waals surface area contributed by atoms with Crippen LogP contribution in [0.4, 0.5) is 0 Å². The van der Waals surface area contributed by atoms with Gasteiger partial charge in [-0.15, -0.1) is 0 Å². The Morgan fingerprint density at radius 3 is 2.37 bits per heavy atom. The number of nitrogens with one attached hydrogen (secondary N) is 1. The second-order valence-electron chi connectivity index (χ2n) is 5.92. The van der Waals surface area contributed by atoms with Crippen LogP contribution in [0.5, 0.6) is 0 Å². The summed E-state index contributed by atoms with van der Waals surface area (Å²) in [7, 11) is 1.26. The fraction of sp³-hybridized carbons (Fsp3) is 0.182. The largest absolute Gasteiger partial charge is 0.467 e. The summed E-state index contributed by atoms with van der Waals surface area (Å²) in [6, 6.07) is 15.2. The number of amides is 1. The SMILES string of the molecule is COC(=O)[C@@H](NC(=O)c1ccc(/C=C/C#Cc2ccccc2)cc1)[C@@H](C)N. The van der Waals surface area contributed by atoms with Gasteiger partial charge in [-0.1, -0.05) is 42.2 Å². The molecule has 0 unspecified atom stereocenters. The molecule has 1 amide bonds. The molecule has 27 heavy (non-hydrogen) atoms. The van der Waals surface area contributed by atoms with Crippen molar-refractivity contribution in [3.63, 3.8) is 0 Å². The van der Waals surface area contributed by atoms with Crippen molar-refractivity contribution in [2.45, 2.75) is 19.0 Å². The highest BCUT2D eigenvalue weighted by Crippen LogP contribution is 2.07. The standard InChI is InChI=1S/C22H22N2O3/c1-16(23)20(22(26)27-2)24-21(25)19-14-12-18(13-15-19)11-7-6-10-17-8-4-3-5-9-17/h3-5,7-9,11-16,20H,23H2,1-2H3,(H,24,25)/b11-7+/t16-,20+/m1/s1. The highest BCUT2D eigenvalue weighted by molar-refractivity contribution is 5.97. The van der Waals surface area contributed by atoms with Gasteiger partial charge < -0.3 is 15.8 Å². The third-order valence-electron chi connectivity index (χ3n) is 3.79. The lowest BCUT2D eigenvalue weighted by Gasteiger charge is -2.19. The van der Waals surface area contributed by atoms with E-state index in [0.717, 1.165) is 11.1 Å². The predicted octanol–water partition coefficient (Wildman–Crippen LogP) is 2.37. The van der Waals surface area contributed by atoms with E-state index in [1.54, 1.807) is 37.3 Å². The molecule has 0 saturated carbocycles. The summed E-state index contributed by atoms with van der Waals surface area (Å²) >= 11 is 0. The Kier molecular flexibility index (Phi) is 7.36. The lowest BCUT2D eigenvalue weighted by atomic mass is 10.1. The molecule has 2 aromatic carbocycles. The van der Waals surface area contributed by atoms with E-state index in [-0.39, 0.29) is 5.91 Å². The molecule has 0 radical (unpaired) electrons. The number of allylic oxidation sites excluding steroid dienone is 1. The van der Waals surface area contributed by atoms with E-state index < -0.39 is 18.1 Å². The Morgan fingerprint density at radius 2 is 1.78 bits per heavy atom. The van der Waals surface area contributed by atoms with E-state index in [1.165, 1.54) is 7.11 Å². The molecular formula is C22H22N2O3. The molecule has 5 heteroatoms. The third kappa shape index (κ3) is 6.14. The first-order valence-electron chi connectivity index (χ1n) is 8.48. The van der Waals surface area contributed by atoms with Crippen molar-refractivity contribution >= 4 is 18.0 Å². The summed E-state index contributed by atoms with van der Waals surface area (Å²) in [4.78, 5) is 24.0. The summed E-state index contributed by atoms with van der Waals surface area (Å²) in [6.45, 7) is 1.63. The number of ether oxygens (including phenoxy) is 1. The van der Waals surface area contributed by atoms with Crippen LogP contribution in [0.15, 0.2) is 60.7 Å². The lowest BCUT2D eigenvalue weighted by Crippen LogP contribution is -2.51. The van der Waals surface area contributed by atoms with Gasteiger partial charge in [0.25, 0.3) is 5.91 Å². The summed E-state index contributed by atoms with van der Waals surface area (Å²) in [5.41, 5.74) is 8.02. The summed E-state index contributed by atoms with van der Waals surface area (Å²) in [5, 5.41) is 2.59. The molecule has 2 rings (SSSR count). The maximum Gasteiger partial charge on any atom is 0.329 e. The van der Waals surface area contributed by atoms with Gasteiger partial charge in [0.15, 0.2) is 0 Å². The van der Waals surface area contributed by atoms with Crippen molar-refractivity contribution in [3.05, 3.63) is 77.4 Å². The smallest absolute Gasteiger partial charge is 0.329 e. The van der Waals surface area contributed by atoms with Crippen LogP contribution in [-0.2, 0) is 9.53 Å². The molecule has 0 saturated heterocycles. The predicted molar refractivity (Wildman–Crippen MR) is 106 cm³/mol. The van der Waals surface area contributed by atoms with Gasteiger partial charge in [-0.05, 0) is 48.9 Å². The molecule has 2 aromatic rings. The second-order valence-corrected chi connectivity index (χ2v) is 5.92. The molecule has 0 aliphatic heterocycles. The molecule has 2 atom stereocenters. The Morgan fingerprint density at radius 1 is 1.11 bits per heavy atom. The number of hydrogen-bond acceptors (Lipinski definition) is 4. The van der Waals surface area contributed by atoms with Crippen LogP contribution in [0, 0.1) is 11.8 Å². The Balaban J connectivity index is 2.00. The fourth-order valence-corrected chi connectivity index (χ4v) is 2.29. The van der Waals surface area contributed by atoms with Gasteiger partial charge >= 0.3 is 5.97 Å². The van der Waals surface area contributed by atoms with Crippen LogP contribution in [-0.4, -0.2) is 31.1 Å². The van der Waals surface area contributed by atoms with Crippen LogP contribution in [0.1, 0.15) is 28.4 Å². The van der Waals surface area contributed by atoms with Crippen molar-refractivity contribution in [2.75, 3.05) is 7.11 Å². The van der Waals surface area contributed by atoms with Crippen molar-refractivity contribution < 1.29 is 14.3 Å². The summed E-state index contributed by atoms with van der Waals surface area (Å²) in [6.07, 6.45) is 3.61. The molecule has 3 N–H and O–H groups in total. The normalized spacial score (nSPS) is 12.6.